The largest absolute Gasteiger partial charge is 0.330 e. The van der Waals surface area contributed by atoms with Crippen LogP contribution in [0.2, 0.25) is 0 Å². The molecule has 0 radical (unpaired) electrons. The maximum absolute atomic E-state index is 12.7. The lowest BCUT2D eigenvalue weighted by atomic mass is 9.85. The zero-order chi connectivity index (χ0) is 18.0. The molecule has 10 heteroatoms. The first-order chi connectivity index (χ1) is 11.2. The number of halogens is 1. The molecular formula is C15H26ClN3O4S2. The zero-order valence-corrected chi connectivity index (χ0v) is 16.8. The van der Waals surface area contributed by atoms with Crippen LogP contribution in [0.3, 0.4) is 0 Å². The van der Waals surface area contributed by atoms with Gasteiger partial charge in [-0.05, 0) is 43.5 Å². The number of sulfonamides is 2. The maximum atomic E-state index is 12.7. The van der Waals surface area contributed by atoms with Gasteiger partial charge >= 0.3 is 0 Å². The Kier molecular flexibility index (Phi) is 7.85. The summed E-state index contributed by atoms with van der Waals surface area (Å²) < 4.78 is 53.4. The van der Waals surface area contributed by atoms with Gasteiger partial charge in [0, 0.05) is 20.1 Å². The summed E-state index contributed by atoms with van der Waals surface area (Å²) in [5.74, 6) is 0.113. The van der Waals surface area contributed by atoms with Crippen molar-refractivity contribution in [2.24, 2.45) is 11.7 Å². The molecule has 144 valence electrons. The predicted molar refractivity (Wildman–Crippen MR) is 99.7 cm³/mol. The molecule has 1 aliphatic rings. The van der Waals surface area contributed by atoms with E-state index in [1.165, 1.54) is 38.4 Å². The standard InChI is InChI=1S/C15H25N3O4S2.ClH/c1-18(2)24(21,22)14-8-5-7-13(10-14)23(19,20)17-15-9-4-3-6-12(15)11-16;/h5,7-8,10,12,15,17H,3-4,6,9,11,16H2,1-2H3;1H. The summed E-state index contributed by atoms with van der Waals surface area (Å²) in [6.07, 6.45) is 3.66. The van der Waals surface area contributed by atoms with E-state index in [9.17, 15) is 16.8 Å². The molecule has 1 aromatic rings. The highest BCUT2D eigenvalue weighted by Gasteiger charge is 2.29. The van der Waals surface area contributed by atoms with Crippen LogP contribution < -0.4 is 10.5 Å². The first-order valence-corrected chi connectivity index (χ1v) is 10.9. The van der Waals surface area contributed by atoms with Crippen molar-refractivity contribution in [3.8, 4) is 0 Å². The highest BCUT2D eigenvalue weighted by Crippen LogP contribution is 2.26. The molecule has 0 saturated heterocycles. The van der Waals surface area contributed by atoms with Crippen molar-refractivity contribution in [2.45, 2.75) is 41.5 Å². The van der Waals surface area contributed by atoms with E-state index in [0.717, 1.165) is 30.0 Å². The molecule has 1 aliphatic carbocycles. The van der Waals surface area contributed by atoms with E-state index in [-0.39, 0.29) is 34.2 Å². The Balaban J connectivity index is 0.00000312. The lowest BCUT2D eigenvalue weighted by Crippen LogP contribution is -2.44. The van der Waals surface area contributed by atoms with Crippen molar-refractivity contribution in [3.63, 3.8) is 0 Å². The molecule has 0 aromatic heterocycles. The van der Waals surface area contributed by atoms with Crippen molar-refractivity contribution in [1.82, 2.24) is 9.03 Å². The summed E-state index contributed by atoms with van der Waals surface area (Å²) in [6.45, 7) is 0.433. The third kappa shape index (κ3) is 5.15. The molecule has 0 heterocycles. The van der Waals surface area contributed by atoms with Crippen molar-refractivity contribution >= 4 is 32.5 Å². The molecule has 0 aliphatic heterocycles. The van der Waals surface area contributed by atoms with Crippen molar-refractivity contribution in [1.29, 1.82) is 0 Å². The van der Waals surface area contributed by atoms with E-state index in [1.54, 1.807) is 0 Å². The van der Waals surface area contributed by atoms with E-state index >= 15 is 0 Å². The fraction of sp³-hybridized carbons (Fsp3) is 0.600. The van der Waals surface area contributed by atoms with E-state index in [1.807, 2.05) is 0 Å². The average Bonchev–Trinajstić information content (AvgIpc) is 2.55. The van der Waals surface area contributed by atoms with Crippen LogP contribution in [0, 0.1) is 5.92 Å². The summed E-state index contributed by atoms with van der Waals surface area (Å²) >= 11 is 0. The SMILES string of the molecule is CN(C)S(=O)(=O)c1cccc(S(=O)(=O)NC2CCCCC2CN)c1.Cl. The minimum Gasteiger partial charge on any atom is -0.330 e. The van der Waals surface area contributed by atoms with Gasteiger partial charge in [-0.2, -0.15) is 0 Å². The van der Waals surface area contributed by atoms with Gasteiger partial charge in [-0.3, -0.25) is 0 Å². The number of rotatable bonds is 6. The van der Waals surface area contributed by atoms with Crippen LogP contribution in [0.15, 0.2) is 34.1 Å². The quantitative estimate of drug-likeness (QED) is 0.729. The lowest BCUT2D eigenvalue weighted by molar-refractivity contribution is 0.296. The molecule has 2 atom stereocenters. The number of hydrogen-bond acceptors (Lipinski definition) is 5. The van der Waals surface area contributed by atoms with Crippen molar-refractivity contribution in [3.05, 3.63) is 24.3 Å². The molecule has 2 rings (SSSR count). The number of hydrogen-bond donors (Lipinski definition) is 2. The van der Waals surface area contributed by atoms with Gasteiger partial charge in [0.1, 0.15) is 0 Å². The molecule has 3 N–H and O–H groups in total. The smallest absolute Gasteiger partial charge is 0.242 e. The molecule has 1 fully saturated rings. The Hall–Kier alpha value is -0.710. The van der Waals surface area contributed by atoms with Crippen LogP contribution >= 0.6 is 12.4 Å². The Labute approximate surface area is 156 Å². The Morgan fingerprint density at radius 3 is 2.32 bits per heavy atom. The van der Waals surface area contributed by atoms with Gasteiger partial charge in [0.25, 0.3) is 0 Å². The Morgan fingerprint density at radius 1 is 1.12 bits per heavy atom. The average molecular weight is 412 g/mol. The first kappa shape index (κ1) is 22.3. The number of nitrogens with zero attached hydrogens (tertiary/aromatic N) is 1. The fourth-order valence-corrected chi connectivity index (χ4v) is 5.33. The van der Waals surface area contributed by atoms with E-state index in [2.05, 4.69) is 4.72 Å². The van der Waals surface area contributed by atoms with Crippen LogP contribution in [0.1, 0.15) is 25.7 Å². The van der Waals surface area contributed by atoms with Gasteiger partial charge in [-0.25, -0.2) is 25.9 Å². The molecule has 2 unspecified atom stereocenters. The van der Waals surface area contributed by atoms with E-state index in [4.69, 9.17) is 5.73 Å². The highest BCUT2D eigenvalue weighted by molar-refractivity contribution is 7.90. The van der Waals surface area contributed by atoms with Crippen LogP contribution in [-0.2, 0) is 20.0 Å². The molecule has 25 heavy (non-hydrogen) atoms. The fourth-order valence-electron chi connectivity index (χ4n) is 2.92. The molecule has 1 saturated carbocycles. The molecule has 0 bridgehead atoms. The molecular weight excluding hydrogens is 386 g/mol. The predicted octanol–water partition coefficient (Wildman–Crippen LogP) is 1.15. The molecule has 0 spiro atoms. The van der Waals surface area contributed by atoms with Gasteiger partial charge in [0.05, 0.1) is 9.79 Å². The Bertz CT molecular complexity index is 782. The van der Waals surface area contributed by atoms with Crippen LogP contribution in [0.4, 0.5) is 0 Å². The third-order valence-electron chi connectivity index (χ3n) is 4.41. The van der Waals surface area contributed by atoms with Gasteiger partial charge in [-0.15, -0.1) is 12.4 Å². The Morgan fingerprint density at radius 2 is 1.72 bits per heavy atom. The van der Waals surface area contributed by atoms with Gasteiger partial charge in [-0.1, -0.05) is 18.9 Å². The van der Waals surface area contributed by atoms with Crippen LogP contribution in [0.25, 0.3) is 0 Å². The molecule has 7 nitrogen and oxygen atoms in total. The summed E-state index contributed by atoms with van der Waals surface area (Å²) in [7, 11) is -4.68. The minimum absolute atomic E-state index is 0. The summed E-state index contributed by atoms with van der Waals surface area (Å²) in [5, 5.41) is 0. The topological polar surface area (TPSA) is 110 Å². The van der Waals surface area contributed by atoms with Crippen molar-refractivity contribution < 1.29 is 16.8 Å². The van der Waals surface area contributed by atoms with E-state index in [0.29, 0.717) is 6.54 Å². The monoisotopic (exact) mass is 411 g/mol. The second-order valence-electron chi connectivity index (χ2n) is 6.27. The second kappa shape index (κ2) is 8.79. The van der Waals surface area contributed by atoms with Crippen LogP contribution in [-0.4, -0.2) is 47.8 Å². The highest BCUT2D eigenvalue weighted by atomic mass is 35.5. The molecule has 1 aromatic carbocycles. The van der Waals surface area contributed by atoms with Crippen LogP contribution in [0.5, 0.6) is 0 Å². The van der Waals surface area contributed by atoms with Gasteiger partial charge < -0.3 is 5.73 Å². The van der Waals surface area contributed by atoms with Gasteiger partial charge in [0.15, 0.2) is 0 Å². The van der Waals surface area contributed by atoms with Crippen molar-refractivity contribution in [2.75, 3.05) is 20.6 Å². The third-order valence-corrected chi connectivity index (χ3v) is 7.71. The summed E-state index contributed by atoms with van der Waals surface area (Å²) in [5.41, 5.74) is 5.75. The van der Waals surface area contributed by atoms with E-state index < -0.39 is 20.0 Å². The summed E-state index contributed by atoms with van der Waals surface area (Å²) in [4.78, 5) is -0.0961. The number of benzene rings is 1. The molecule has 0 amide bonds. The maximum Gasteiger partial charge on any atom is 0.242 e. The van der Waals surface area contributed by atoms with Gasteiger partial charge in [0.2, 0.25) is 20.0 Å². The minimum atomic E-state index is -3.80. The summed E-state index contributed by atoms with van der Waals surface area (Å²) in [6, 6.07) is 5.21. The normalized spacial score (nSPS) is 21.8. The zero-order valence-electron chi connectivity index (χ0n) is 14.4. The first-order valence-electron chi connectivity index (χ1n) is 7.93. The number of nitrogens with two attached hydrogens (primary N) is 1. The second-order valence-corrected chi connectivity index (χ2v) is 10.1. The number of nitrogens with one attached hydrogen (secondary N) is 1. The lowest BCUT2D eigenvalue weighted by Gasteiger charge is -2.31.